The van der Waals surface area contributed by atoms with Crippen molar-refractivity contribution >= 4 is 39.3 Å². The molecule has 2 amide bonds. The van der Waals surface area contributed by atoms with Gasteiger partial charge in [0.2, 0.25) is 0 Å². The van der Waals surface area contributed by atoms with Crippen LogP contribution in [0.15, 0.2) is 46.3 Å². The molecule has 3 N–H and O–H groups in total. The van der Waals surface area contributed by atoms with E-state index >= 15 is 0 Å². The third-order valence-corrected chi connectivity index (χ3v) is 5.71. The van der Waals surface area contributed by atoms with Gasteiger partial charge >= 0.3 is 6.09 Å². The van der Waals surface area contributed by atoms with E-state index < -0.39 is 12.1 Å². The Morgan fingerprint density at radius 3 is 2.35 bits per heavy atom. The molecule has 2 atom stereocenters. The average Bonchev–Trinajstić information content (AvgIpc) is 2.98. The number of hydrogen-bond donors (Lipinski definition) is 3. The van der Waals surface area contributed by atoms with Crippen molar-refractivity contribution in [3.8, 4) is 0 Å². The second kappa shape index (κ2) is 8.68. The molecular weight excluding hydrogens is 416 g/mol. The molecule has 1 aromatic carbocycles. The van der Waals surface area contributed by atoms with Gasteiger partial charge in [0.25, 0.3) is 5.91 Å². The molecule has 0 spiro atoms. The lowest BCUT2D eigenvalue weighted by Crippen LogP contribution is -2.58. The molecule has 7 heteroatoms. The number of thiophene rings is 1. The third kappa shape index (κ3) is 5.85. The van der Waals surface area contributed by atoms with Crippen LogP contribution in [-0.2, 0) is 6.42 Å². The van der Waals surface area contributed by atoms with Crippen LogP contribution < -0.4 is 10.6 Å². The van der Waals surface area contributed by atoms with Gasteiger partial charge in [-0.1, -0.05) is 51.1 Å². The number of rotatable bonds is 6. The average molecular weight is 439 g/mol. The molecule has 1 aromatic heterocycles. The summed E-state index contributed by atoms with van der Waals surface area (Å²) in [6.45, 7) is 5.87. The zero-order valence-electron chi connectivity index (χ0n) is 15.0. The van der Waals surface area contributed by atoms with Gasteiger partial charge in [-0.05, 0) is 39.4 Å². The maximum Gasteiger partial charge on any atom is 0.404 e. The zero-order chi connectivity index (χ0) is 19.3. The maximum atomic E-state index is 12.7. The summed E-state index contributed by atoms with van der Waals surface area (Å²) < 4.78 is 0.850. The topological polar surface area (TPSA) is 78.4 Å². The first kappa shape index (κ1) is 20.5. The highest BCUT2D eigenvalue weighted by atomic mass is 79.9. The first-order chi connectivity index (χ1) is 12.2. The smallest absolute Gasteiger partial charge is 0.404 e. The fraction of sp³-hybridized carbons (Fsp3) is 0.368. The summed E-state index contributed by atoms with van der Waals surface area (Å²) in [7, 11) is 0. The van der Waals surface area contributed by atoms with Crippen molar-refractivity contribution in [2.45, 2.75) is 39.3 Å². The van der Waals surface area contributed by atoms with E-state index in [0.717, 1.165) is 10.0 Å². The van der Waals surface area contributed by atoms with E-state index in [-0.39, 0.29) is 17.4 Å². The fourth-order valence-corrected chi connectivity index (χ4v) is 4.17. The van der Waals surface area contributed by atoms with Gasteiger partial charge in [-0.3, -0.25) is 4.79 Å². The summed E-state index contributed by atoms with van der Waals surface area (Å²) in [4.78, 5) is 24.6. The predicted octanol–water partition coefficient (Wildman–Crippen LogP) is 4.53. The summed E-state index contributed by atoms with van der Waals surface area (Å²) in [6.07, 6.45) is -0.572. The van der Waals surface area contributed by atoms with Gasteiger partial charge < -0.3 is 15.7 Å². The molecule has 0 bridgehead atoms. The van der Waals surface area contributed by atoms with Crippen LogP contribution in [-0.4, -0.2) is 29.2 Å². The van der Waals surface area contributed by atoms with Crippen LogP contribution in [0.5, 0.6) is 0 Å². The Labute approximate surface area is 165 Å². The highest BCUT2D eigenvalue weighted by Crippen LogP contribution is 2.25. The molecule has 5 nitrogen and oxygen atoms in total. The van der Waals surface area contributed by atoms with Crippen molar-refractivity contribution in [1.29, 1.82) is 0 Å². The highest BCUT2D eigenvalue weighted by molar-refractivity contribution is 9.10. The molecule has 0 aliphatic carbocycles. The van der Waals surface area contributed by atoms with Crippen molar-refractivity contribution in [3.63, 3.8) is 0 Å². The Bertz CT molecular complexity index is 756. The van der Waals surface area contributed by atoms with E-state index in [0.29, 0.717) is 11.3 Å². The molecule has 0 aliphatic rings. The van der Waals surface area contributed by atoms with E-state index in [9.17, 15) is 14.7 Å². The maximum absolute atomic E-state index is 12.7. The van der Waals surface area contributed by atoms with Gasteiger partial charge in [0.1, 0.15) is 0 Å². The summed E-state index contributed by atoms with van der Waals surface area (Å²) >= 11 is 4.70. The van der Waals surface area contributed by atoms with Crippen molar-refractivity contribution < 1.29 is 14.7 Å². The van der Waals surface area contributed by atoms with Gasteiger partial charge in [-0.2, -0.15) is 0 Å². The first-order valence-corrected chi connectivity index (χ1v) is 9.92. The summed E-state index contributed by atoms with van der Waals surface area (Å²) in [6, 6.07) is 10.7. The Balaban J connectivity index is 2.30. The van der Waals surface area contributed by atoms with E-state index in [1.165, 1.54) is 11.3 Å². The molecule has 26 heavy (non-hydrogen) atoms. The lowest BCUT2D eigenvalue weighted by molar-refractivity contribution is 0.0905. The van der Waals surface area contributed by atoms with Gasteiger partial charge in [-0.25, -0.2) is 4.79 Å². The van der Waals surface area contributed by atoms with Gasteiger partial charge in [0, 0.05) is 9.85 Å². The lowest BCUT2D eigenvalue weighted by Gasteiger charge is -2.37. The largest absolute Gasteiger partial charge is 0.465 e. The number of benzene rings is 1. The second-order valence-electron chi connectivity index (χ2n) is 7.19. The number of carbonyl (C=O) groups is 2. The minimum Gasteiger partial charge on any atom is -0.465 e. The zero-order valence-corrected chi connectivity index (χ0v) is 17.4. The second-order valence-corrected chi connectivity index (χ2v) is 9.02. The molecule has 0 saturated heterocycles. The molecule has 0 fully saturated rings. The Kier molecular flexibility index (Phi) is 6.83. The summed E-state index contributed by atoms with van der Waals surface area (Å²) in [5.74, 6) is -0.205. The van der Waals surface area contributed by atoms with Crippen LogP contribution in [0.3, 0.4) is 0 Å². The van der Waals surface area contributed by atoms with Gasteiger partial charge in [0.15, 0.2) is 0 Å². The number of carboxylic acid groups (broad SMARTS) is 1. The molecule has 2 aromatic rings. The SMILES string of the molecule is CC(C)(C)C(NC(=O)O)[C@H](Cc1ccccc1)NC(=O)c1cc(Br)cs1. The molecule has 140 valence electrons. The van der Waals surface area contributed by atoms with Crippen molar-refractivity contribution in [2.24, 2.45) is 5.41 Å². The molecule has 2 rings (SSSR count). The summed E-state index contributed by atoms with van der Waals surface area (Å²) in [5, 5.41) is 16.8. The lowest BCUT2D eigenvalue weighted by atomic mass is 9.80. The number of hydrogen-bond acceptors (Lipinski definition) is 3. The van der Waals surface area contributed by atoms with Crippen molar-refractivity contribution in [1.82, 2.24) is 10.6 Å². The van der Waals surface area contributed by atoms with Crippen molar-refractivity contribution in [2.75, 3.05) is 0 Å². The fourth-order valence-electron chi connectivity index (χ4n) is 2.85. The van der Waals surface area contributed by atoms with E-state index in [1.807, 2.05) is 56.5 Å². The van der Waals surface area contributed by atoms with Crippen LogP contribution in [0.2, 0.25) is 0 Å². The highest BCUT2D eigenvalue weighted by Gasteiger charge is 2.35. The van der Waals surface area contributed by atoms with Crippen LogP contribution in [0, 0.1) is 5.41 Å². The van der Waals surface area contributed by atoms with Crippen LogP contribution in [0.25, 0.3) is 0 Å². The number of carbonyl (C=O) groups excluding carboxylic acids is 1. The van der Waals surface area contributed by atoms with Gasteiger partial charge in [0.05, 0.1) is 17.0 Å². The number of halogens is 1. The molecular formula is C19H23BrN2O3S. The molecule has 0 aliphatic heterocycles. The number of amides is 2. The molecule has 1 unspecified atom stereocenters. The minimum atomic E-state index is -1.10. The number of nitrogens with one attached hydrogen (secondary N) is 2. The van der Waals surface area contributed by atoms with E-state index in [1.54, 1.807) is 6.07 Å². The normalized spacial score (nSPS) is 13.7. The quantitative estimate of drug-likeness (QED) is 0.619. The minimum absolute atomic E-state index is 0.205. The summed E-state index contributed by atoms with van der Waals surface area (Å²) in [5.41, 5.74) is 0.660. The standard InChI is InChI=1S/C19H23BrN2O3S/c1-19(2,3)16(22-18(24)25)14(9-12-7-5-4-6-8-12)21-17(23)15-10-13(20)11-26-15/h4-8,10-11,14,16,22H,9H2,1-3H3,(H,21,23)(H,24,25)/t14-,16?/m0/s1. The molecule has 0 saturated carbocycles. The van der Waals surface area contributed by atoms with Crippen LogP contribution >= 0.6 is 27.3 Å². The van der Waals surface area contributed by atoms with Gasteiger partial charge in [-0.15, -0.1) is 11.3 Å². The molecule has 0 radical (unpaired) electrons. The predicted molar refractivity (Wildman–Crippen MR) is 108 cm³/mol. The van der Waals surface area contributed by atoms with E-state index in [4.69, 9.17) is 0 Å². The Hall–Kier alpha value is -1.86. The third-order valence-electron chi connectivity index (χ3n) is 4.02. The van der Waals surface area contributed by atoms with E-state index in [2.05, 4.69) is 26.6 Å². The first-order valence-electron chi connectivity index (χ1n) is 8.25. The monoisotopic (exact) mass is 438 g/mol. The Morgan fingerprint density at radius 2 is 1.85 bits per heavy atom. The van der Waals surface area contributed by atoms with Crippen LogP contribution in [0.4, 0.5) is 4.79 Å². The molecule has 1 heterocycles. The van der Waals surface area contributed by atoms with Crippen LogP contribution in [0.1, 0.15) is 36.0 Å². The Morgan fingerprint density at radius 1 is 1.19 bits per heavy atom. The van der Waals surface area contributed by atoms with Crippen molar-refractivity contribution in [3.05, 3.63) is 56.7 Å².